The van der Waals surface area contributed by atoms with Crippen molar-refractivity contribution in [1.82, 2.24) is 9.97 Å². The average Bonchev–Trinajstić information content (AvgIpc) is 2.41. The Labute approximate surface area is 112 Å². The largest absolute Gasteiger partial charge is 0.324 e. The molecular weight excluding hydrogens is 246 g/mol. The second-order valence-electron chi connectivity index (χ2n) is 4.21. The Kier molecular flexibility index (Phi) is 4.28. The van der Waals surface area contributed by atoms with Gasteiger partial charge in [0.2, 0.25) is 0 Å². The van der Waals surface area contributed by atoms with Gasteiger partial charge in [-0.15, -0.1) is 0 Å². The van der Waals surface area contributed by atoms with Crippen LogP contribution in [0.5, 0.6) is 0 Å². The number of pyridine rings is 2. The fourth-order valence-electron chi connectivity index (χ4n) is 2.01. The summed E-state index contributed by atoms with van der Waals surface area (Å²) in [6.07, 6.45) is 8.68. The first-order chi connectivity index (χ1) is 8.72. The van der Waals surface area contributed by atoms with E-state index in [-0.39, 0.29) is 6.04 Å². The third-order valence-electron chi connectivity index (χ3n) is 3.02. The zero-order chi connectivity index (χ0) is 13.0. The summed E-state index contributed by atoms with van der Waals surface area (Å²) < 4.78 is 0. The van der Waals surface area contributed by atoms with Crippen LogP contribution in [0, 0.1) is 0 Å². The van der Waals surface area contributed by atoms with Gasteiger partial charge in [-0.05, 0) is 41.7 Å². The molecule has 2 aromatic heterocycles. The Bertz CT molecular complexity index is 528. The summed E-state index contributed by atoms with van der Waals surface area (Å²) in [6, 6.07) is 3.83. The van der Waals surface area contributed by atoms with E-state index in [1.165, 1.54) is 5.56 Å². The number of rotatable bonds is 4. The van der Waals surface area contributed by atoms with E-state index in [0.29, 0.717) is 11.4 Å². The summed E-state index contributed by atoms with van der Waals surface area (Å²) >= 11 is 6.10. The van der Waals surface area contributed by atoms with Gasteiger partial charge in [0.15, 0.2) is 0 Å². The van der Waals surface area contributed by atoms with Crippen LogP contribution in [0.2, 0.25) is 5.02 Å². The van der Waals surface area contributed by atoms with Crippen LogP contribution >= 0.6 is 11.6 Å². The van der Waals surface area contributed by atoms with Gasteiger partial charge in [0.1, 0.15) is 0 Å². The maximum absolute atomic E-state index is 6.27. The second-order valence-corrected chi connectivity index (χ2v) is 4.61. The predicted octanol–water partition coefficient (Wildman–Crippen LogP) is 2.93. The molecular formula is C14H16ClN3. The first kappa shape index (κ1) is 13.0. The zero-order valence-electron chi connectivity index (χ0n) is 10.3. The molecule has 0 aliphatic carbocycles. The van der Waals surface area contributed by atoms with Crippen LogP contribution in [-0.4, -0.2) is 9.97 Å². The molecule has 0 saturated heterocycles. The van der Waals surface area contributed by atoms with Crippen molar-refractivity contribution < 1.29 is 0 Å². The average molecular weight is 262 g/mol. The molecule has 2 N–H and O–H groups in total. The smallest absolute Gasteiger partial charge is 0.0622 e. The van der Waals surface area contributed by atoms with Gasteiger partial charge < -0.3 is 5.73 Å². The Morgan fingerprint density at radius 1 is 1.17 bits per heavy atom. The molecule has 0 spiro atoms. The maximum Gasteiger partial charge on any atom is 0.0622 e. The second kappa shape index (κ2) is 5.94. The van der Waals surface area contributed by atoms with Gasteiger partial charge in [-0.2, -0.15) is 0 Å². The maximum atomic E-state index is 6.27. The van der Waals surface area contributed by atoms with Gasteiger partial charge in [0.25, 0.3) is 0 Å². The lowest BCUT2D eigenvalue weighted by Gasteiger charge is -2.16. The Balaban J connectivity index is 2.22. The summed E-state index contributed by atoms with van der Waals surface area (Å²) in [5.41, 5.74) is 9.62. The topological polar surface area (TPSA) is 51.8 Å². The van der Waals surface area contributed by atoms with Gasteiger partial charge in [-0.1, -0.05) is 18.5 Å². The zero-order valence-corrected chi connectivity index (χ0v) is 11.1. The van der Waals surface area contributed by atoms with E-state index in [1.807, 2.05) is 18.3 Å². The summed E-state index contributed by atoms with van der Waals surface area (Å²) in [4.78, 5) is 8.11. The predicted molar refractivity (Wildman–Crippen MR) is 73.5 cm³/mol. The molecule has 4 heteroatoms. The fourth-order valence-corrected chi connectivity index (χ4v) is 2.21. The van der Waals surface area contributed by atoms with E-state index in [4.69, 9.17) is 17.3 Å². The van der Waals surface area contributed by atoms with Gasteiger partial charge >= 0.3 is 0 Å². The Morgan fingerprint density at radius 2 is 1.89 bits per heavy atom. The van der Waals surface area contributed by atoms with Crippen molar-refractivity contribution in [2.75, 3.05) is 0 Å². The van der Waals surface area contributed by atoms with E-state index in [0.717, 1.165) is 17.5 Å². The van der Waals surface area contributed by atoms with Crippen molar-refractivity contribution in [2.45, 2.75) is 25.8 Å². The minimum absolute atomic E-state index is 0.0668. The van der Waals surface area contributed by atoms with Crippen LogP contribution in [0.25, 0.3) is 0 Å². The summed E-state index contributed by atoms with van der Waals surface area (Å²) in [7, 11) is 0. The number of aromatic nitrogens is 2. The molecule has 0 aromatic carbocycles. The van der Waals surface area contributed by atoms with Gasteiger partial charge in [0.05, 0.1) is 5.02 Å². The van der Waals surface area contributed by atoms with E-state index < -0.39 is 0 Å². The van der Waals surface area contributed by atoms with Crippen LogP contribution in [0.1, 0.15) is 29.7 Å². The van der Waals surface area contributed by atoms with E-state index >= 15 is 0 Å². The third-order valence-corrected chi connectivity index (χ3v) is 3.36. The van der Waals surface area contributed by atoms with E-state index in [1.54, 1.807) is 18.6 Å². The molecule has 2 rings (SSSR count). The highest BCUT2D eigenvalue weighted by atomic mass is 35.5. The lowest BCUT2D eigenvalue weighted by atomic mass is 9.96. The van der Waals surface area contributed by atoms with Gasteiger partial charge in [-0.25, -0.2) is 0 Å². The highest BCUT2D eigenvalue weighted by Crippen LogP contribution is 2.23. The molecule has 18 heavy (non-hydrogen) atoms. The molecule has 1 atom stereocenters. The summed E-state index contributed by atoms with van der Waals surface area (Å²) in [5, 5.41) is 0.667. The lowest BCUT2D eigenvalue weighted by molar-refractivity contribution is 0.709. The molecule has 1 unspecified atom stereocenters. The van der Waals surface area contributed by atoms with Crippen molar-refractivity contribution in [2.24, 2.45) is 5.73 Å². The van der Waals surface area contributed by atoms with Crippen molar-refractivity contribution in [3.8, 4) is 0 Å². The van der Waals surface area contributed by atoms with Crippen LogP contribution in [-0.2, 0) is 12.8 Å². The van der Waals surface area contributed by atoms with Crippen molar-refractivity contribution in [1.29, 1.82) is 0 Å². The normalized spacial score (nSPS) is 12.4. The number of nitrogens with two attached hydrogens (primary N) is 1. The first-order valence-electron chi connectivity index (χ1n) is 5.99. The molecule has 0 aliphatic rings. The Hall–Kier alpha value is -1.45. The highest BCUT2D eigenvalue weighted by molar-refractivity contribution is 6.31. The number of halogens is 1. The third kappa shape index (κ3) is 2.86. The minimum Gasteiger partial charge on any atom is -0.324 e. The van der Waals surface area contributed by atoms with E-state index in [9.17, 15) is 0 Å². The highest BCUT2D eigenvalue weighted by Gasteiger charge is 2.12. The molecule has 0 aliphatic heterocycles. The summed E-state index contributed by atoms with van der Waals surface area (Å²) in [6.45, 7) is 2.10. The van der Waals surface area contributed by atoms with Crippen molar-refractivity contribution in [3.63, 3.8) is 0 Å². The molecule has 0 amide bonds. The molecule has 0 radical (unpaired) electrons. The molecule has 2 heterocycles. The van der Waals surface area contributed by atoms with Crippen molar-refractivity contribution >= 4 is 11.6 Å². The quantitative estimate of drug-likeness (QED) is 0.921. The van der Waals surface area contributed by atoms with Crippen molar-refractivity contribution in [3.05, 3.63) is 58.6 Å². The molecule has 3 nitrogen and oxygen atoms in total. The van der Waals surface area contributed by atoms with Crippen LogP contribution < -0.4 is 5.73 Å². The molecule has 0 saturated carbocycles. The van der Waals surface area contributed by atoms with Gasteiger partial charge in [0, 0.05) is 30.8 Å². The van der Waals surface area contributed by atoms with E-state index in [2.05, 4.69) is 16.9 Å². The molecule has 0 bridgehead atoms. The number of nitrogens with zero attached hydrogens (tertiary/aromatic N) is 2. The SMILES string of the molecule is CCc1cnccc1C(N)Cc1ccncc1Cl. The summed E-state index contributed by atoms with van der Waals surface area (Å²) in [5.74, 6) is 0. The van der Waals surface area contributed by atoms with Crippen LogP contribution in [0.15, 0.2) is 36.9 Å². The fraction of sp³-hybridized carbons (Fsp3) is 0.286. The molecule has 2 aromatic rings. The molecule has 94 valence electrons. The van der Waals surface area contributed by atoms with Crippen LogP contribution in [0.3, 0.4) is 0 Å². The van der Waals surface area contributed by atoms with Crippen LogP contribution in [0.4, 0.5) is 0 Å². The lowest BCUT2D eigenvalue weighted by Crippen LogP contribution is -2.15. The first-order valence-corrected chi connectivity index (χ1v) is 6.37. The Morgan fingerprint density at radius 3 is 2.61 bits per heavy atom. The number of hydrogen-bond donors (Lipinski definition) is 1. The standard InChI is InChI=1S/C14H16ClN3/c1-2-10-8-17-6-4-12(10)14(16)7-11-3-5-18-9-13(11)15/h3-6,8-9,14H,2,7,16H2,1H3. The number of hydrogen-bond acceptors (Lipinski definition) is 3. The molecule has 0 fully saturated rings. The van der Waals surface area contributed by atoms with Gasteiger partial charge in [-0.3, -0.25) is 9.97 Å². The monoisotopic (exact) mass is 261 g/mol. The number of aryl methyl sites for hydroxylation is 1. The minimum atomic E-state index is -0.0668.